The first kappa shape index (κ1) is 17.1. The van der Waals surface area contributed by atoms with Crippen molar-refractivity contribution in [1.29, 1.82) is 0 Å². The van der Waals surface area contributed by atoms with E-state index in [-0.39, 0.29) is 0 Å². The molecule has 0 amide bonds. The van der Waals surface area contributed by atoms with Crippen LogP contribution in [-0.2, 0) is 13.2 Å². The summed E-state index contributed by atoms with van der Waals surface area (Å²) in [6.45, 7) is 1.15. The maximum atomic E-state index is 6.13. The van der Waals surface area contributed by atoms with Gasteiger partial charge in [-0.3, -0.25) is 0 Å². The van der Waals surface area contributed by atoms with Crippen molar-refractivity contribution in [3.05, 3.63) is 101 Å². The van der Waals surface area contributed by atoms with Crippen LogP contribution in [0.3, 0.4) is 0 Å². The molecule has 0 aromatic heterocycles. The van der Waals surface area contributed by atoms with E-state index in [4.69, 9.17) is 16.3 Å². The van der Waals surface area contributed by atoms with Crippen molar-refractivity contribution in [2.45, 2.75) is 13.2 Å². The maximum absolute atomic E-state index is 6.13. The number of hydrogen-bond acceptors (Lipinski definition) is 3. The number of rotatable bonds is 7. The van der Waals surface area contributed by atoms with Gasteiger partial charge >= 0.3 is 0 Å². The lowest BCUT2D eigenvalue weighted by atomic mass is 10.2. The molecule has 0 radical (unpaired) electrons. The summed E-state index contributed by atoms with van der Waals surface area (Å²) in [6, 6.07) is 25.6. The fourth-order valence-corrected chi connectivity index (χ4v) is 2.47. The Kier molecular flexibility index (Phi) is 6.07. The van der Waals surface area contributed by atoms with Gasteiger partial charge in [-0.05, 0) is 41.5 Å². The van der Waals surface area contributed by atoms with Gasteiger partial charge in [-0.1, -0.05) is 60.1 Å². The Hall–Kier alpha value is -2.78. The van der Waals surface area contributed by atoms with Gasteiger partial charge in [0.15, 0.2) is 0 Å². The van der Waals surface area contributed by atoms with Gasteiger partial charge in [0.25, 0.3) is 0 Å². The normalized spacial score (nSPS) is 10.8. The van der Waals surface area contributed by atoms with Gasteiger partial charge in [0.1, 0.15) is 12.4 Å². The highest BCUT2D eigenvalue weighted by molar-refractivity contribution is 6.31. The summed E-state index contributed by atoms with van der Waals surface area (Å²) in [7, 11) is 0. The van der Waals surface area contributed by atoms with Crippen LogP contribution in [0.5, 0.6) is 5.75 Å². The van der Waals surface area contributed by atoms with Crippen molar-refractivity contribution in [2.24, 2.45) is 5.10 Å². The molecule has 3 nitrogen and oxygen atoms in total. The average Bonchev–Trinajstić information content (AvgIpc) is 2.66. The first-order chi connectivity index (χ1) is 12.3. The second kappa shape index (κ2) is 8.90. The first-order valence-electron chi connectivity index (χ1n) is 8.07. The molecule has 0 aliphatic carbocycles. The minimum Gasteiger partial charge on any atom is -0.489 e. The van der Waals surface area contributed by atoms with Crippen molar-refractivity contribution in [2.75, 3.05) is 0 Å². The number of nitrogens with one attached hydrogen (secondary N) is 1. The van der Waals surface area contributed by atoms with E-state index in [0.717, 1.165) is 21.9 Å². The van der Waals surface area contributed by atoms with Gasteiger partial charge in [0.2, 0.25) is 0 Å². The molecule has 0 spiro atoms. The van der Waals surface area contributed by atoms with Crippen molar-refractivity contribution < 1.29 is 4.74 Å². The van der Waals surface area contributed by atoms with Crippen molar-refractivity contribution in [3.63, 3.8) is 0 Å². The van der Waals surface area contributed by atoms with E-state index in [9.17, 15) is 0 Å². The second-order valence-electron chi connectivity index (χ2n) is 5.53. The third kappa shape index (κ3) is 5.37. The average molecular weight is 351 g/mol. The minimum atomic E-state index is 0.450. The Morgan fingerprint density at radius 3 is 2.36 bits per heavy atom. The minimum absolute atomic E-state index is 0.450. The fourth-order valence-electron chi connectivity index (χ4n) is 2.28. The summed E-state index contributed by atoms with van der Waals surface area (Å²) in [5, 5.41) is 4.96. The van der Waals surface area contributed by atoms with Crippen LogP contribution in [0.25, 0.3) is 0 Å². The Bertz CT molecular complexity index is 817. The van der Waals surface area contributed by atoms with E-state index < -0.39 is 0 Å². The molecule has 0 atom stereocenters. The van der Waals surface area contributed by atoms with E-state index in [1.165, 1.54) is 5.56 Å². The van der Waals surface area contributed by atoms with Gasteiger partial charge in [-0.15, -0.1) is 0 Å². The Morgan fingerprint density at radius 2 is 1.60 bits per heavy atom. The summed E-state index contributed by atoms with van der Waals surface area (Å²) in [5.41, 5.74) is 6.22. The number of halogens is 1. The summed E-state index contributed by atoms with van der Waals surface area (Å²) >= 11 is 6.13. The molecule has 25 heavy (non-hydrogen) atoms. The molecule has 0 aliphatic heterocycles. The molecular formula is C21H19ClN2O. The molecular weight excluding hydrogens is 332 g/mol. The van der Waals surface area contributed by atoms with E-state index >= 15 is 0 Å². The summed E-state index contributed by atoms with van der Waals surface area (Å²) in [5.74, 6) is 0.800. The predicted octanol–water partition coefficient (Wildman–Crippen LogP) is 5.04. The lowest BCUT2D eigenvalue weighted by Crippen LogP contribution is -2.05. The molecule has 0 heterocycles. The highest BCUT2D eigenvalue weighted by Crippen LogP contribution is 2.18. The molecule has 0 aliphatic rings. The van der Waals surface area contributed by atoms with Crippen LogP contribution in [0.2, 0.25) is 5.02 Å². The van der Waals surface area contributed by atoms with Crippen LogP contribution in [0.1, 0.15) is 16.7 Å². The Balaban J connectivity index is 1.48. The standard InChI is InChI=1S/C21H19ClN2O/c22-21-9-5-4-8-19(21)16-25-20-12-10-18(11-13-20)15-24-23-14-17-6-2-1-3-7-17/h1-13,15,23H,14,16H2. The number of hydrogen-bond donors (Lipinski definition) is 1. The monoisotopic (exact) mass is 350 g/mol. The molecule has 4 heteroatoms. The Labute approximate surface area is 152 Å². The van der Waals surface area contributed by atoms with E-state index in [0.29, 0.717) is 13.2 Å². The summed E-state index contributed by atoms with van der Waals surface area (Å²) < 4.78 is 5.77. The van der Waals surface area contributed by atoms with Gasteiger partial charge in [0, 0.05) is 10.6 Å². The zero-order valence-electron chi connectivity index (χ0n) is 13.7. The molecule has 3 aromatic rings. The zero-order chi connectivity index (χ0) is 17.3. The van der Waals surface area contributed by atoms with Crippen LogP contribution in [0.4, 0.5) is 0 Å². The van der Waals surface area contributed by atoms with Crippen molar-refractivity contribution in [3.8, 4) is 5.75 Å². The molecule has 126 valence electrons. The zero-order valence-corrected chi connectivity index (χ0v) is 14.5. The summed E-state index contributed by atoms with van der Waals surface area (Å²) in [4.78, 5) is 0. The van der Waals surface area contributed by atoms with Gasteiger partial charge < -0.3 is 10.2 Å². The van der Waals surface area contributed by atoms with Gasteiger partial charge in [-0.25, -0.2) is 0 Å². The smallest absolute Gasteiger partial charge is 0.119 e. The molecule has 3 rings (SSSR count). The topological polar surface area (TPSA) is 33.6 Å². The van der Waals surface area contributed by atoms with Crippen molar-refractivity contribution >= 4 is 17.8 Å². The number of nitrogens with zero attached hydrogens (tertiary/aromatic N) is 1. The number of ether oxygens (including phenoxy) is 1. The van der Waals surface area contributed by atoms with Gasteiger partial charge in [0.05, 0.1) is 12.8 Å². The first-order valence-corrected chi connectivity index (χ1v) is 8.45. The highest BCUT2D eigenvalue weighted by Gasteiger charge is 2.00. The van der Waals surface area contributed by atoms with E-state index in [2.05, 4.69) is 22.7 Å². The molecule has 0 saturated carbocycles. The predicted molar refractivity (Wildman–Crippen MR) is 103 cm³/mol. The number of benzene rings is 3. The Morgan fingerprint density at radius 1 is 0.880 bits per heavy atom. The van der Waals surface area contributed by atoms with Crippen LogP contribution >= 0.6 is 11.6 Å². The van der Waals surface area contributed by atoms with Crippen molar-refractivity contribution in [1.82, 2.24) is 5.43 Å². The number of hydrazone groups is 1. The molecule has 1 N–H and O–H groups in total. The SMILES string of the molecule is Clc1ccccc1COc1ccc(C=NNCc2ccccc2)cc1. The molecule has 0 saturated heterocycles. The van der Waals surface area contributed by atoms with Crippen LogP contribution < -0.4 is 10.2 Å². The molecule has 0 unspecified atom stereocenters. The second-order valence-corrected chi connectivity index (χ2v) is 5.94. The molecule has 0 fully saturated rings. The fraction of sp³-hybridized carbons (Fsp3) is 0.0952. The van der Waals surface area contributed by atoms with E-state index in [1.54, 1.807) is 6.21 Å². The highest BCUT2D eigenvalue weighted by atomic mass is 35.5. The summed E-state index contributed by atoms with van der Waals surface area (Å²) in [6.07, 6.45) is 1.79. The van der Waals surface area contributed by atoms with Crippen LogP contribution in [-0.4, -0.2) is 6.21 Å². The quantitative estimate of drug-likeness (QED) is 0.478. The van der Waals surface area contributed by atoms with E-state index in [1.807, 2.05) is 66.7 Å². The van der Waals surface area contributed by atoms with Crippen LogP contribution in [0, 0.1) is 0 Å². The lowest BCUT2D eigenvalue weighted by Gasteiger charge is -2.07. The third-order valence-electron chi connectivity index (χ3n) is 3.66. The van der Waals surface area contributed by atoms with Crippen LogP contribution in [0.15, 0.2) is 84.0 Å². The molecule has 3 aromatic carbocycles. The lowest BCUT2D eigenvalue weighted by molar-refractivity contribution is 0.306. The maximum Gasteiger partial charge on any atom is 0.119 e. The largest absolute Gasteiger partial charge is 0.489 e. The van der Waals surface area contributed by atoms with Gasteiger partial charge in [-0.2, -0.15) is 5.10 Å². The molecule has 0 bridgehead atoms. The third-order valence-corrected chi connectivity index (χ3v) is 4.03.